The molecule has 7 heteroatoms. The Morgan fingerprint density at radius 1 is 1.14 bits per heavy atom. The monoisotopic (exact) mass is 524 g/mol. The van der Waals surface area contributed by atoms with Gasteiger partial charge < -0.3 is 19.5 Å². The van der Waals surface area contributed by atoms with Crippen molar-refractivity contribution < 1.29 is 18.7 Å². The number of methoxy groups -OCH3 is 1. The second-order valence-electron chi connectivity index (χ2n) is 8.70. The molecule has 36 heavy (non-hydrogen) atoms. The predicted octanol–water partition coefficient (Wildman–Crippen LogP) is 7.58. The van der Waals surface area contributed by atoms with Crippen LogP contribution >= 0.6 is 11.9 Å². The van der Waals surface area contributed by atoms with E-state index in [2.05, 4.69) is 44.3 Å². The van der Waals surface area contributed by atoms with Gasteiger partial charge in [-0.05, 0) is 61.5 Å². The SMILES string of the molecule is C=C/C(C)=C(NSC)/C(F)=C\CCNC(=O)/C=C/C(CC)=C(/C=C(\C)C(C)(C)C)OCCOC.CC. The van der Waals surface area contributed by atoms with Gasteiger partial charge in [-0.2, -0.15) is 0 Å². The van der Waals surface area contributed by atoms with Crippen molar-refractivity contribution in [3.05, 3.63) is 71.0 Å². The van der Waals surface area contributed by atoms with Crippen LogP contribution in [0.1, 0.15) is 68.2 Å². The first-order chi connectivity index (χ1) is 17.0. The summed E-state index contributed by atoms with van der Waals surface area (Å²) in [6.45, 7) is 21.2. The Morgan fingerprint density at radius 3 is 2.28 bits per heavy atom. The predicted molar refractivity (Wildman–Crippen MR) is 155 cm³/mol. The number of allylic oxidation sites excluding steroid dienone is 7. The molecule has 0 fully saturated rings. The highest BCUT2D eigenvalue weighted by Gasteiger charge is 2.14. The summed E-state index contributed by atoms with van der Waals surface area (Å²) in [6.07, 6.45) is 11.2. The Kier molecular flexibility index (Phi) is 20.8. The minimum Gasteiger partial charge on any atom is -0.491 e. The number of amides is 1. The highest BCUT2D eigenvalue weighted by Crippen LogP contribution is 2.27. The zero-order valence-electron chi connectivity index (χ0n) is 24.1. The first-order valence-electron chi connectivity index (χ1n) is 12.5. The Labute approximate surface area is 224 Å². The molecule has 0 unspecified atom stereocenters. The molecular formula is C29H49FN2O3S. The van der Waals surface area contributed by atoms with E-state index in [0.717, 1.165) is 11.3 Å². The van der Waals surface area contributed by atoms with Crippen LogP contribution in [0.3, 0.4) is 0 Å². The Morgan fingerprint density at radius 2 is 1.78 bits per heavy atom. The first-order valence-corrected chi connectivity index (χ1v) is 13.7. The first kappa shape index (κ1) is 35.9. The lowest BCUT2D eigenvalue weighted by molar-refractivity contribution is -0.116. The van der Waals surface area contributed by atoms with Crippen molar-refractivity contribution in [2.24, 2.45) is 5.41 Å². The van der Waals surface area contributed by atoms with Gasteiger partial charge >= 0.3 is 0 Å². The van der Waals surface area contributed by atoms with Crippen LogP contribution in [0.5, 0.6) is 0 Å². The van der Waals surface area contributed by atoms with Crippen molar-refractivity contribution in [2.75, 3.05) is 33.1 Å². The van der Waals surface area contributed by atoms with Crippen LogP contribution in [-0.4, -0.2) is 39.0 Å². The summed E-state index contributed by atoms with van der Waals surface area (Å²) in [7, 11) is 1.63. The molecule has 0 aromatic rings. The molecule has 0 rings (SSSR count). The fourth-order valence-electron chi connectivity index (χ4n) is 2.50. The largest absolute Gasteiger partial charge is 0.491 e. The number of ether oxygens (including phenoxy) is 2. The van der Waals surface area contributed by atoms with Gasteiger partial charge in [-0.25, -0.2) is 4.39 Å². The van der Waals surface area contributed by atoms with Gasteiger partial charge in [0, 0.05) is 26.0 Å². The van der Waals surface area contributed by atoms with Crippen molar-refractivity contribution in [3.63, 3.8) is 0 Å². The molecule has 0 bridgehead atoms. The molecule has 206 valence electrons. The molecule has 0 spiro atoms. The number of hydrogen-bond acceptors (Lipinski definition) is 5. The lowest BCUT2D eigenvalue weighted by Gasteiger charge is -2.21. The smallest absolute Gasteiger partial charge is 0.244 e. The van der Waals surface area contributed by atoms with Crippen LogP contribution in [0.4, 0.5) is 4.39 Å². The van der Waals surface area contributed by atoms with E-state index in [-0.39, 0.29) is 17.1 Å². The summed E-state index contributed by atoms with van der Waals surface area (Å²) in [5, 5.41) is 2.79. The molecule has 0 aliphatic heterocycles. The van der Waals surface area contributed by atoms with Gasteiger partial charge in [0.05, 0.1) is 12.3 Å². The highest BCUT2D eigenvalue weighted by molar-refractivity contribution is 7.96. The Balaban J connectivity index is 0. The van der Waals surface area contributed by atoms with Crippen molar-refractivity contribution in [3.8, 4) is 0 Å². The van der Waals surface area contributed by atoms with Crippen LogP contribution in [0, 0.1) is 5.41 Å². The zero-order chi connectivity index (χ0) is 28.1. The number of halogens is 1. The maximum Gasteiger partial charge on any atom is 0.244 e. The molecule has 0 radical (unpaired) electrons. The van der Waals surface area contributed by atoms with E-state index in [0.29, 0.717) is 43.9 Å². The molecule has 1 amide bonds. The molecule has 0 heterocycles. The maximum atomic E-state index is 14.4. The quantitative estimate of drug-likeness (QED) is 0.0760. The molecule has 0 aliphatic carbocycles. The van der Waals surface area contributed by atoms with E-state index in [1.54, 1.807) is 26.2 Å². The Hall–Kier alpha value is -2.25. The minimum absolute atomic E-state index is 0.00318. The molecule has 0 aliphatic rings. The van der Waals surface area contributed by atoms with Crippen LogP contribution in [-0.2, 0) is 14.3 Å². The van der Waals surface area contributed by atoms with Gasteiger partial charge in [0.2, 0.25) is 5.91 Å². The van der Waals surface area contributed by atoms with Crippen LogP contribution in [0.15, 0.2) is 71.0 Å². The standard InChI is InChI=1S/C27H43FN2O3S.C2H6/c1-10-20(3)26(30-34-9)23(28)13-12-16-29-25(31)15-14-22(11-2)24(33-18-17-32-8)19-21(4)27(5,6)7;1-2/h10,13-15,19,30H,1,11-12,16-18H2,2-9H3,(H,29,31);1-2H3/b15-14+,21-19+,23-13+,24-22-,26-20-;. The van der Waals surface area contributed by atoms with Crippen LogP contribution < -0.4 is 10.0 Å². The van der Waals surface area contributed by atoms with E-state index in [1.807, 2.05) is 33.1 Å². The highest BCUT2D eigenvalue weighted by atomic mass is 32.2. The molecule has 0 atom stereocenters. The third-order valence-corrected chi connectivity index (χ3v) is 5.53. The van der Waals surface area contributed by atoms with Gasteiger partial charge in [-0.1, -0.05) is 71.7 Å². The maximum absolute atomic E-state index is 14.4. The van der Waals surface area contributed by atoms with Crippen LogP contribution in [0.25, 0.3) is 0 Å². The van der Waals surface area contributed by atoms with Gasteiger partial charge in [-0.15, -0.1) is 0 Å². The summed E-state index contributed by atoms with van der Waals surface area (Å²) in [4.78, 5) is 12.3. The summed E-state index contributed by atoms with van der Waals surface area (Å²) in [5.41, 5.74) is 3.20. The van der Waals surface area contributed by atoms with E-state index in [9.17, 15) is 9.18 Å². The van der Waals surface area contributed by atoms with Crippen molar-refractivity contribution in [1.82, 2.24) is 10.0 Å². The third-order valence-electron chi connectivity index (χ3n) is 5.12. The molecule has 2 N–H and O–H groups in total. The summed E-state index contributed by atoms with van der Waals surface area (Å²) in [5.74, 6) is 0.124. The van der Waals surface area contributed by atoms with Crippen molar-refractivity contribution in [2.45, 2.75) is 68.2 Å². The molecule has 0 aromatic carbocycles. The second-order valence-corrected chi connectivity index (χ2v) is 9.31. The zero-order valence-corrected chi connectivity index (χ0v) is 25.0. The fourth-order valence-corrected chi connectivity index (χ4v) is 2.97. The molecule has 0 saturated carbocycles. The third kappa shape index (κ3) is 15.7. The lowest BCUT2D eigenvalue weighted by Crippen LogP contribution is -2.21. The van der Waals surface area contributed by atoms with Gasteiger partial charge in [0.25, 0.3) is 0 Å². The van der Waals surface area contributed by atoms with Gasteiger partial charge in [0.1, 0.15) is 18.2 Å². The van der Waals surface area contributed by atoms with E-state index in [4.69, 9.17) is 9.47 Å². The number of hydrogen-bond donors (Lipinski definition) is 2. The summed E-state index contributed by atoms with van der Waals surface area (Å²) < 4.78 is 28.4. The van der Waals surface area contributed by atoms with Crippen molar-refractivity contribution >= 4 is 17.9 Å². The number of carbonyl (C=O) groups is 1. The number of rotatable bonds is 15. The number of nitrogens with one attached hydrogen (secondary N) is 2. The summed E-state index contributed by atoms with van der Waals surface area (Å²) >= 11 is 1.31. The molecular weight excluding hydrogens is 475 g/mol. The average Bonchev–Trinajstić information content (AvgIpc) is 2.85. The van der Waals surface area contributed by atoms with Crippen LogP contribution in [0.2, 0.25) is 0 Å². The van der Waals surface area contributed by atoms with Gasteiger partial charge in [0.15, 0.2) is 0 Å². The fraction of sp³-hybridized carbons (Fsp3) is 0.552. The molecule has 0 aromatic heterocycles. The second kappa shape index (κ2) is 20.9. The average molecular weight is 525 g/mol. The number of carbonyl (C=O) groups excluding carboxylic acids is 1. The lowest BCUT2D eigenvalue weighted by atomic mass is 9.87. The van der Waals surface area contributed by atoms with Crippen molar-refractivity contribution in [1.29, 1.82) is 0 Å². The van der Waals surface area contributed by atoms with E-state index < -0.39 is 0 Å². The van der Waals surface area contributed by atoms with Gasteiger partial charge in [-0.3, -0.25) is 4.79 Å². The van der Waals surface area contributed by atoms with E-state index in [1.165, 1.54) is 29.7 Å². The minimum atomic E-state index is -0.369. The Bertz CT molecular complexity index is 819. The topological polar surface area (TPSA) is 59.6 Å². The van der Waals surface area contributed by atoms with E-state index >= 15 is 0 Å². The molecule has 0 saturated heterocycles. The normalized spacial score (nSPS) is 13.9. The molecule has 5 nitrogen and oxygen atoms in total. The summed E-state index contributed by atoms with van der Waals surface area (Å²) in [6, 6.07) is 0.